The summed E-state index contributed by atoms with van der Waals surface area (Å²) < 4.78 is 34.2. The number of rotatable bonds is 6. The first-order chi connectivity index (χ1) is 11.4. The number of benzene rings is 1. The van der Waals surface area contributed by atoms with Crippen LogP contribution in [0.5, 0.6) is 0 Å². The fourth-order valence-electron chi connectivity index (χ4n) is 2.79. The Bertz CT molecular complexity index is 947. The summed E-state index contributed by atoms with van der Waals surface area (Å²) in [6, 6.07) is 3.60. The molecule has 3 aromatic rings. The van der Waals surface area contributed by atoms with E-state index in [4.69, 9.17) is 4.63 Å². The Morgan fingerprint density at radius 1 is 1.21 bits per heavy atom. The van der Waals surface area contributed by atoms with Crippen molar-refractivity contribution in [1.82, 2.24) is 24.4 Å². The van der Waals surface area contributed by atoms with Crippen molar-refractivity contribution in [2.75, 3.05) is 13.1 Å². The van der Waals surface area contributed by atoms with Crippen molar-refractivity contribution >= 4 is 21.1 Å². The molecule has 2 aromatic heterocycles. The van der Waals surface area contributed by atoms with Crippen LogP contribution in [0.4, 0.5) is 0 Å². The lowest BCUT2D eigenvalue weighted by molar-refractivity contribution is 0.314. The van der Waals surface area contributed by atoms with Crippen molar-refractivity contribution in [2.45, 2.75) is 32.2 Å². The molecule has 8 nitrogen and oxygen atoms in total. The van der Waals surface area contributed by atoms with Crippen molar-refractivity contribution in [1.29, 1.82) is 0 Å². The highest BCUT2D eigenvalue weighted by Gasteiger charge is 2.29. The molecular formula is C15H19N5O3S. The molecule has 3 rings (SSSR count). The van der Waals surface area contributed by atoms with Gasteiger partial charge in [-0.25, -0.2) is 13.0 Å². The number of fused-ring (bicyclic) bond motifs is 1. The van der Waals surface area contributed by atoms with Crippen molar-refractivity contribution in [3.63, 3.8) is 0 Å². The van der Waals surface area contributed by atoms with Crippen LogP contribution < -0.4 is 0 Å². The molecule has 0 saturated heterocycles. The smallest absolute Gasteiger partial charge is 0.245 e. The third kappa shape index (κ3) is 2.80. The molecule has 9 heteroatoms. The lowest BCUT2D eigenvalue weighted by Crippen LogP contribution is -2.34. The van der Waals surface area contributed by atoms with Gasteiger partial charge in [0, 0.05) is 25.5 Å². The monoisotopic (exact) mass is 349 g/mol. The number of aryl methyl sites for hydroxylation is 2. The van der Waals surface area contributed by atoms with E-state index >= 15 is 0 Å². The van der Waals surface area contributed by atoms with Crippen LogP contribution in [0.2, 0.25) is 0 Å². The third-order valence-corrected chi connectivity index (χ3v) is 6.11. The van der Waals surface area contributed by atoms with Gasteiger partial charge in [0.15, 0.2) is 5.52 Å². The van der Waals surface area contributed by atoms with Gasteiger partial charge in [-0.3, -0.25) is 4.68 Å². The highest BCUT2D eigenvalue weighted by molar-refractivity contribution is 7.89. The fraction of sp³-hybridized carbons (Fsp3) is 0.400. The Labute approximate surface area is 140 Å². The normalized spacial score (nSPS) is 12.3. The van der Waals surface area contributed by atoms with E-state index in [9.17, 15) is 8.42 Å². The predicted octanol–water partition coefficient (Wildman–Crippen LogP) is 1.75. The minimum atomic E-state index is -3.72. The molecule has 0 aliphatic heterocycles. The minimum absolute atomic E-state index is 0.159. The molecule has 24 heavy (non-hydrogen) atoms. The van der Waals surface area contributed by atoms with Crippen LogP contribution in [0.25, 0.3) is 11.0 Å². The van der Waals surface area contributed by atoms with Gasteiger partial charge >= 0.3 is 0 Å². The molecule has 0 spiro atoms. The number of aromatic nitrogens is 4. The van der Waals surface area contributed by atoms with Gasteiger partial charge in [-0.15, -0.1) is 0 Å². The molecule has 128 valence electrons. The second-order valence-corrected chi connectivity index (χ2v) is 7.44. The Kier molecular flexibility index (Phi) is 4.37. The largest absolute Gasteiger partial charge is 0.271 e. The zero-order chi connectivity index (χ0) is 17.3. The Morgan fingerprint density at radius 2 is 1.96 bits per heavy atom. The maximum Gasteiger partial charge on any atom is 0.245 e. The molecule has 0 unspecified atom stereocenters. The zero-order valence-electron chi connectivity index (χ0n) is 13.8. The molecule has 0 N–H and O–H groups in total. The zero-order valence-corrected chi connectivity index (χ0v) is 14.6. The van der Waals surface area contributed by atoms with Crippen LogP contribution in [0.15, 0.2) is 34.1 Å². The number of likely N-dealkylation sites (N-methyl/N-ethyl adjacent to an activating group) is 1. The Morgan fingerprint density at radius 3 is 2.62 bits per heavy atom. The minimum Gasteiger partial charge on any atom is -0.271 e. The SMILES string of the molecule is CCN(CCn1cccn1)S(=O)(=O)c1c(C)cc(C)c2nonc12. The second kappa shape index (κ2) is 6.33. The Hall–Kier alpha value is -2.26. The molecule has 2 heterocycles. The van der Waals surface area contributed by atoms with Gasteiger partial charge in [-0.1, -0.05) is 13.0 Å². The number of sulfonamides is 1. The lowest BCUT2D eigenvalue weighted by Gasteiger charge is -2.21. The molecule has 0 aliphatic rings. The first-order valence-electron chi connectivity index (χ1n) is 7.65. The predicted molar refractivity (Wildman–Crippen MR) is 87.9 cm³/mol. The van der Waals surface area contributed by atoms with Crippen LogP contribution in [-0.4, -0.2) is 45.9 Å². The van der Waals surface area contributed by atoms with E-state index < -0.39 is 10.0 Å². The summed E-state index contributed by atoms with van der Waals surface area (Å²) in [6.45, 7) is 6.57. The van der Waals surface area contributed by atoms with Gasteiger partial charge in [-0.05, 0) is 41.4 Å². The maximum absolute atomic E-state index is 13.2. The van der Waals surface area contributed by atoms with Gasteiger partial charge in [-0.2, -0.15) is 9.40 Å². The van der Waals surface area contributed by atoms with Crippen LogP contribution in [0, 0.1) is 13.8 Å². The third-order valence-electron chi connectivity index (χ3n) is 3.96. The quantitative estimate of drug-likeness (QED) is 0.673. The number of hydrogen-bond donors (Lipinski definition) is 0. The average molecular weight is 349 g/mol. The van der Waals surface area contributed by atoms with Gasteiger partial charge in [0.25, 0.3) is 0 Å². The molecule has 0 fully saturated rings. The summed E-state index contributed by atoms with van der Waals surface area (Å²) >= 11 is 0. The summed E-state index contributed by atoms with van der Waals surface area (Å²) in [4.78, 5) is 0.159. The van der Waals surface area contributed by atoms with Gasteiger partial charge in [0.05, 0.1) is 6.54 Å². The average Bonchev–Trinajstić information content (AvgIpc) is 3.18. The van der Waals surface area contributed by atoms with Crippen LogP contribution in [0.1, 0.15) is 18.1 Å². The first kappa shape index (κ1) is 16.6. The van der Waals surface area contributed by atoms with Crippen molar-refractivity contribution < 1.29 is 13.0 Å². The van der Waals surface area contributed by atoms with E-state index in [1.807, 2.05) is 13.8 Å². The number of nitrogens with zero attached hydrogens (tertiary/aromatic N) is 5. The van der Waals surface area contributed by atoms with E-state index in [-0.39, 0.29) is 10.4 Å². The highest BCUT2D eigenvalue weighted by atomic mass is 32.2. The standard InChI is InChI=1S/C15H19N5O3S/c1-4-20(9-8-19-7-5-6-16-19)24(21,22)15-12(3)10-11(2)13-14(15)18-23-17-13/h5-7,10H,4,8-9H2,1-3H3. The molecular weight excluding hydrogens is 330 g/mol. The molecule has 0 amide bonds. The molecule has 0 aliphatic carbocycles. The van der Waals surface area contributed by atoms with E-state index in [0.29, 0.717) is 30.7 Å². The van der Waals surface area contributed by atoms with Gasteiger partial charge in [0.2, 0.25) is 10.0 Å². The van der Waals surface area contributed by atoms with Crippen molar-refractivity contribution in [3.05, 3.63) is 35.7 Å². The van der Waals surface area contributed by atoms with Crippen molar-refractivity contribution in [3.8, 4) is 0 Å². The highest BCUT2D eigenvalue weighted by Crippen LogP contribution is 2.29. The summed E-state index contributed by atoms with van der Waals surface area (Å²) in [5, 5.41) is 11.8. The lowest BCUT2D eigenvalue weighted by atomic mass is 10.1. The van der Waals surface area contributed by atoms with E-state index in [1.54, 1.807) is 36.1 Å². The first-order valence-corrected chi connectivity index (χ1v) is 9.09. The summed E-state index contributed by atoms with van der Waals surface area (Å²) in [6.07, 6.45) is 3.47. The summed E-state index contributed by atoms with van der Waals surface area (Å²) in [5.41, 5.74) is 2.22. The molecule has 0 bridgehead atoms. The van der Waals surface area contributed by atoms with E-state index in [1.165, 1.54) is 4.31 Å². The second-order valence-electron chi connectivity index (χ2n) is 5.57. The summed E-state index contributed by atoms with van der Waals surface area (Å²) in [5.74, 6) is 0. The van der Waals surface area contributed by atoms with E-state index in [0.717, 1.165) is 5.56 Å². The van der Waals surface area contributed by atoms with Crippen LogP contribution >= 0.6 is 0 Å². The maximum atomic E-state index is 13.2. The van der Waals surface area contributed by atoms with Crippen LogP contribution in [-0.2, 0) is 16.6 Å². The summed E-state index contributed by atoms with van der Waals surface area (Å²) in [7, 11) is -3.72. The van der Waals surface area contributed by atoms with Crippen molar-refractivity contribution in [2.24, 2.45) is 0 Å². The fourth-order valence-corrected chi connectivity index (χ4v) is 4.56. The van der Waals surface area contributed by atoms with Gasteiger partial charge in [0.1, 0.15) is 10.4 Å². The molecule has 0 atom stereocenters. The van der Waals surface area contributed by atoms with E-state index in [2.05, 4.69) is 15.4 Å². The Balaban J connectivity index is 2.01. The van der Waals surface area contributed by atoms with Crippen LogP contribution in [0.3, 0.4) is 0 Å². The topological polar surface area (TPSA) is 94.1 Å². The number of hydrogen-bond acceptors (Lipinski definition) is 6. The molecule has 1 aromatic carbocycles. The van der Waals surface area contributed by atoms with Gasteiger partial charge < -0.3 is 0 Å². The molecule has 0 radical (unpaired) electrons. The molecule has 0 saturated carbocycles.